The van der Waals surface area contributed by atoms with Gasteiger partial charge in [-0.25, -0.2) is 0 Å². The third-order valence-corrected chi connectivity index (χ3v) is 9.62. The van der Waals surface area contributed by atoms with Crippen molar-refractivity contribution in [2.75, 3.05) is 39.6 Å². The quantitative estimate of drug-likeness (QED) is 0.249. The number of pyridine rings is 2. The molecule has 0 bridgehead atoms. The van der Waals surface area contributed by atoms with E-state index in [-0.39, 0.29) is 45.8 Å². The SMILES string of the molecule is C.C.CCOC(=O)C(CC)c1cc2n(c(=O)c1C#N)CCC21OCCO1.CCOC(=O)C(CC)c1cc2n(c(=O)c1COC(C)=O)CCC21OCCO1. The second-order valence-corrected chi connectivity index (χ2v) is 12.5. The molecule has 2 unspecified atom stereocenters. The first kappa shape index (κ1) is 43.0. The van der Waals surface area contributed by atoms with Gasteiger partial charge < -0.3 is 42.3 Å². The molecule has 0 aliphatic carbocycles. The van der Waals surface area contributed by atoms with Crippen LogP contribution in [0.3, 0.4) is 0 Å². The number of ether oxygens (including phenoxy) is 7. The summed E-state index contributed by atoms with van der Waals surface area (Å²) >= 11 is 0. The standard InChI is InChI=1S/C19H25NO7.C17H20N2O5.2CH4/c1-4-13(18(23)24-5-2)14-10-16-19(26-8-9-27-19)6-7-20(16)17(22)15(14)11-25-12(3)21;1-3-11(16(21)22-4-2)12-9-14-17(23-7-8-24-17)5-6-19(14)15(20)13(12)10-18;;/h10,13H,4-9,11H2,1-3H3;9,11H,3-8H2,1-2H3;2*1H4. The Bertz CT molecular complexity index is 1810. The van der Waals surface area contributed by atoms with Gasteiger partial charge in [0.15, 0.2) is 0 Å². The first-order valence-electron chi connectivity index (χ1n) is 17.5. The number of nitriles is 1. The van der Waals surface area contributed by atoms with Crippen LogP contribution in [0.25, 0.3) is 0 Å². The maximum atomic E-state index is 13.1. The van der Waals surface area contributed by atoms with E-state index in [2.05, 4.69) is 0 Å². The molecule has 2 aromatic rings. The zero-order valence-electron chi connectivity index (χ0n) is 29.7. The third-order valence-electron chi connectivity index (χ3n) is 9.62. The molecular formula is C38H53N3O12. The summed E-state index contributed by atoms with van der Waals surface area (Å²) in [5.74, 6) is -4.50. The van der Waals surface area contributed by atoms with E-state index in [9.17, 15) is 29.2 Å². The molecule has 0 aromatic carbocycles. The van der Waals surface area contributed by atoms with Crippen LogP contribution in [0.5, 0.6) is 0 Å². The van der Waals surface area contributed by atoms with Crippen LogP contribution in [-0.4, -0.2) is 66.7 Å². The van der Waals surface area contributed by atoms with Crippen molar-refractivity contribution >= 4 is 17.9 Å². The van der Waals surface area contributed by atoms with E-state index in [1.165, 1.54) is 11.5 Å². The summed E-state index contributed by atoms with van der Waals surface area (Å²) in [6, 6.07) is 5.45. The van der Waals surface area contributed by atoms with Crippen LogP contribution in [0.15, 0.2) is 21.7 Å². The number of esters is 3. The van der Waals surface area contributed by atoms with Crippen LogP contribution >= 0.6 is 0 Å². The summed E-state index contributed by atoms with van der Waals surface area (Å²) in [6.45, 7) is 11.4. The molecule has 0 N–H and O–H groups in total. The minimum Gasteiger partial charge on any atom is -0.466 e. The molecule has 0 saturated carbocycles. The smallest absolute Gasteiger partial charge is 0.313 e. The number of carbonyl (C=O) groups is 3. The molecule has 15 heteroatoms. The predicted octanol–water partition coefficient (Wildman–Crippen LogP) is 4.22. The zero-order valence-corrected chi connectivity index (χ0v) is 29.7. The monoisotopic (exact) mass is 743 g/mol. The zero-order chi connectivity index (χ0) is 36.9. The van der Waals surface area contributed by atoms with Crippen LogP contribution in [0.2, 0.25) is 0 Å². The van der Waals surface area contributed by atoms with E-state index in [1.807, 2.05) is 19.9 Å². The lowest BCUT2D eigenvalue weighted by atomic mass is 9.91. The Morgan fingerprint density at radius 1 is 0.755 bits per heavy atom. The van der Waals surface area contributed by atoms with Crippen molar-refractivity contribution < 1.29 is 47.5 Å². The molecule has 2 atom stereocenters. The molecule has 2 saturated heterocycles. The van der Waals surface area contributed by atoms with Gasteiger partial charge in [-0.2, -0.15) is 5.26 Å². The minimum atomic E-state index is -0.944. The molecule has 4 aliphatic rings. The van der Waals surface area contributed by atoms with Crippen molar-refractivity contribution in [1.29, 1.82) is 5.26 Å². The van der Waals surface area contributed by atoms with Gasteiger partial charge in [-0.05, 0) is 49.9 Å². The number of aromatic nitrogens is 2. The lowest BCUT2D eigenvalue weighted by Gasteiger charge is -2.24. The summed E-state index contributed by atoms with van der Waals surface area (Å²) in [4.78, 5) is 61.9. The van der Waals surface area contributed by atoms with Gasteiger partial charge in [-0.15, -0.1) is 0 Å². The Labute approximate surface area is 310 Å². The highest BCUT2D eigenvalue weighted by molar-refractivity contribution is 5.79. The third kappa shape index (κ3) is 8.11. The molecule has 0 radical (unpaired) electrons. The van der Waals surface area contributed by atoms with Crippen molar-refractivity contribution in [3.63, 3.8) is 0 Å². The Morgan fingerprint density at radius 2 is 1.19 bits per heavy atom. The molecule has 6 heterocycles. The lowest BCUT2D eigenvalue weighted by molar-refractivity contribution is -0.163. The van der Waals surface area contributed by atoms with Crippen molar-refractivity contribution in [3.05, 3.63) is 66.5 Å². The molecule has 2 spiro atoms. The fourth-order valence-electron chi connectivity index (χ4n) is 7.25. The van der Waals surface area contributed by atoms with Crippen LogP contribution in [0.4, 0.5) is 0 Å². The largest absolute Gasteiger partial charge is 0.466 e. The Balaban J connectivity index is 0.000000277. The fourth-order valence-corrected chi connectivity index (χ4v) is 7.25. The molecule has 53 heavy (non-hydrogen) atoms. The number of nitrogens with zero attached hydrogens (tertiary/aromatic N) is 3. The van der Waals surface area contributed by atoms with Crippen molar-refractivity contribution in [2.24, 2.45) is 0 Å². The average Bonchev–Trinajstić information content (AvgIpc) is 3.92. The number of rotatable bonds is 10. The number of hydrogen-bond donors (Lipinski definition) is 0. The van der Waals surface area contributed by atoms with Gasteiger partial charge >= 0.3 is 17.9 Å². The Morgan fingerprint density at radius 3 is 1.60 bits per heavy atom. The van der Waals surface area contributed by atoms with Gasteiger partial charge in [0.2, 0.25) is 11.6 Å². The van der Waals surface area contributed by atoms with E-state index >= 15 is 0 Å². The van der Waals surface area contributed by atoms with Gasteiger partial charge in [-0.3, -0.25) is 24.0 Å². The highest BCUT2D eigenvalue weighted by Crippen LogP contribution is 2.42. The first-order chi connectivity index (χ1) is 24.5. The predicted molar refractivity (Wildman–Crippen MR) is 191 cm³/mol. The Hall–Kier alpha value is -4.36. The molecule has 6 rings (SSSR count). The summed E-state index contributed by atoms with van der Waals surface area (Å²) in [7, 11) is 0. The van der Waals surface area contributed by atoms with Gasteiger partial charge in [-0.1, -0.05) is 28.7 Å². The molecule has 292 valence electrons. The fraction of sp³-hybridized carbons (Fsp3) is 0.632. The van der Waals surface area contributed by atoms with E-state index in [0.29, 0.717) is 93.3 Å². The lowest BCUT2D eigenvalue weighted by Crippen LogP contribution is -2.32. The summed E-state index contributed by atoms with van der Waals surface area (Å²) in [6.07, 6.45) is 1.93. The number of hydrogen-bond acceptors (Lipinski definition) is 13. The highest BCUT2D eigenvalue weighted by Gasteiger charge is 2.48. The van der Waals surface area contributed by atoms with Crippen molar-refractivity contribution in [2.45, 2.75) is 118 Å². The second-order valence-electron chi connectivity index (χ2n) is 12.5. The molecule has 4 aliphatic heterocycles. The van der Waals surface area contributed by atoms with Crippen LogP contribution in [0.1, 0.15) is 121 Å². The Kier molecular flexibility index (Phi) is 14.7. The van der Waals surface area contributed by atoms with E-state index in [0.717, 1.165) is 0 Å². The van der Waals surface area contributed by atoms with Crippen molar-refractivity contribution in [1.82, 2.24) is 9.13 Å². The molecule has 15 nitrogen and oxygen atoms in total. The summed E-state index contributed by atoms with van der Waals surface area (Å²) < 4.78 is 41.6. The molecule has 2 fully saturated rings. The van der Waals surface area contributed by atoms with Gasteiger partial charge in [0, 0.05) is 32.9 Å². The van der Waals surface area contributed by atoms with Gasteiger partial charge in [0.05, 0.1) is 68.4 Å². The minimum absolute atomic E-state index is 0. The maximum absolute atomic E-state index is 13.1. The summed E-state index contributed by atoms with van der Waals surface area (Å²) in [5, 5.41) is 9.47. The number of fused-ring (bicyclic) bond motifs is 4. The highest BCUT2D eigenvalue weighted by atomic mass is 16.7. The van der Waals surface area contributed by atoms with Gasteiger partial charge in [0.25, 0.3) is 11.1 Å². The van der Waals surface area contributed by atoms with Gasteiger partial charge in [0.1, 0.15) is 18.2 Å². The maximum Gasteiger partial charge on any atom is 0.313 e. The van der Waals surface area contributed by atoms with Crippen LogP contribution in [0, 0.1) is 11.3 Å². The normalized spacial score (nSPS) is 18.0. The molecular weight excluding hydrogens is 690 g/mol. The van der Waals surface area contributed by atoms with Crippen LogP contribution < -0.4 is 11.1 Å². The second kappa shape index (κ2) is 18.1. The first-order valence-corrected chi connectivity index (χ1v) is 17.5. The van der Waals surface area contributed by atoms with E-state index in [1.54, 1.807) is 30.5 Å². The van der Waals surface area contributed by atoms with E-state index < -0.39 is 46.9 Å². The molecule has 2 aromatic heterocycles. The number of carbonyl (C=O) groups excluding carboxylic acids is 3. The topological polar surface area (TPSA) is 184 Å². The van der Waals surface area contributed by atoms with E-state index in [4.69, 9.17) is 33.2 Å². The summed E-state index contributed by atoms with van der Waals surface area (Å²) in [5.41, 5.74) is 1.70. The molecule has 0 amide bonds. The van der Waals surface area contributed by atoms with Crippen LogP contribution in [-0.2, 0) is 78.8 Å². The van der Waals surface area contributed by atoms with Crippen molar-refractivity contribution in [3.8, 4) is 6.07 Å². The average molecular weight is 744 g/mol.